The van der Waals surface area contributed by atoms with Crippen LogP contribution < -0.4 is 4.90 Å². The third kappa shape index (κ3) is 3.27. The van der Waals surface area contributed by atoms with Gasteiger partial charge in [0.05, 0.1) is 23.8 Å². The highest BCUT2D eigenvalue weighted by molar-refractivity contribution is 7.09. The highest BCUT2D eigenvalue weighted by Crippen LogP contribution is 2.24. The lowest BCUT2D eigenvalue weighted by molar-refractivity contribution is -0.00597. The average molecular weight is 322 g/mol. The first-order chi connectivity index (χ1) is 10.5. The predicted octanol–water partition coefficient (Wildman–Crippen LogP) is 1.86. The van der Waals surface area contributed by atoms with E-state index in [4.69, 9.17) is 4.74 Å². The third-order valence-electron chi connectivity index (χ3n) is 3.72. The van der Waals surface area contributed by atoms with Gasteiger partial charge in [0.1, 0.15) is 0 Å². The number of ether oxygens (including phenoxy) is 1. The molecule has 3 heterocycles. The number of thiazole rings is 1. The van der Waals surface area contributed by atoms with Crippen molar-refractivity contribution in [1.29, 1.82) is 0 Å². The monoisotopic (exact) mass is 322 g/mol. The molecule has 1 aliphatic rings. The fourth-order valence-corrected chi connectivity index (χ4v) is 3.67. The predicted molar refractivity (Wildman–Crippen MR) is 85.3 cm³/mol. The number of hydrogen-bond donors (Lipinski definition) is 0. The maximum atomic E-state index is 5.78. The standard InChI is InChI=1S/C14H22N6OS/c1-9(13-15-10(2)8-22-13)5-20-14(16-17-18-20)19-6-11(3)21-12(4)7-19/h8-9,11-12H,5-7H2,1-4H3/t9?,11-,12+. The summed E-state index contributed by atoms with van der Waals surface area (Å²) in [5.74, 6) is 1.11. The second-order valence-corrected chi connectivity index (χ2v) is 6.94. The molecule has 2 aromatic rings. The molecule has 1 fully saturated rings. The third-order valence-corrected chi connectivity index (χ3v) is 4.91. The maximum absolute atomic E-state index is 5.78. The van der Waals surface area contributed by atoms with Crippen molar-refractivity contribution in [1.82, 2.24) is 25.2 Å². The second kappa shape index (κ2) is 6.29. The molecule has 0 aliphatic carbocycles. The molecule has 22 heavy (non-hydrogen) atoms. The van der Waals surface area contributed by atoms with Gasteiger partial charge in [-0.1, -0.05) is 12.0 Å². The molecule has 0 bridgehead atoms. The number of tetrazole rings is 1. The van der Waals surface area contributed by atoms with E-state index in [2.05, 4.69) is 51.6 Å². The van der Waals surface area contributed by atoms with Crippen molar-refractivity contribution in [3.8, 4) is 0 Å². The summed E-state index contributed by atoms with van der Waals surface area (Å²) in [6.07, 6.45) is 0.376. The molecule has 1 saturated heterocycles. The summed E-state index contributed by atoms with van der Waals surface area (Å²) in [6.45, 7) is 10.7. The van der Waals surface area contributed by atoms with E-state index in [0.29, 0.717) is 0 Å². The molecule has 0 radical (unpaired) electrons. The number of hydrogen-bond acceptors (Lipinski definition) is 7. The fraction of sp³-hybridized carbons (Fsp3) is 0.714. The van der Waals surface area contributed by atoms with Gasteiger partial charge in [-0.2, -0.15) is 0 Å². The Bertz CT molecular complexity index is 616. The molecule has 0 saturated carbocycles. The van der Waals surface area contributed by atoms with Gasteiger partial charge in [-0.3, -0.25) is 0 Å². The SMILES string of the molecule is Cc1csc(C(C)Cn2nnnc2N2C[C@@H](C)O[C@@H](C)C2)n1. The van der Waals surface area contributed by atoms with Crippen LogP contribution in [-0.2, 0) is 11.3 Å². The lowest BCUT2D eigenvalue weighted by atomic mass is 10.2. The second-order valence-electron chi connectivity index (χ2n) is 6.05. The number of rotatable bonds is 4. The Morgan fingerprint density at radius 1 is 1.36 bits per heavy atom. The molecule has 2 aromatic heterocycles. The van der Waals surface area contributed by atoms with Gasteiger partial charge in [0.15, 0.2) is 0 Å². The van der Waals surface area contributed by atoms with Gasteiger partial charge in [0, 0.05) is 30.1 Å². The van der Waals surface area contributed by atoms with E-state index in [0.717, 1.165) is 36.3 Å². The molecule has 1 aliphatic heterocycles. The topological polar surface area (TPSA) is 69.0 Å². The van der Waals surface area contributed by atoms with Crippen LogP contribution in [0.1, 0.15) is 37.4 Å². The Balaban J connectivity index is 1.74. The molecule has 8 heteroatoms. The summed E-state index contributed by atoms with van der Waals surface area (Å²) in [5, 5.41) is 15.5. The number of anilines is 1. The molecule has 3 rings (SSSR count). The van der Waals surface area contributed by atoms with Crippen LogP contribution in [0.3, 0.4) is 0 Å². The minimum atomic E-state index is 0.188. The Kier molecular flexibility index (Phi) is 4.39. The van der Waals surface area contributed by atoms with Gasteiger partial charge in [0.2, 0.25) is 5.95 Å². The van der Waals surface area contributed by atoms with Crippen molar-refractivity contribution in [2.45, 2.75) is 52.4 Å². The van der Waals surface area contributed by atoms with E-state index >= 15 is 0 Å². The van der Waals surface area contributed by atoms with Gasteiger partial charge >= 0.3 is 0 Å². The summed E-state index contributed by atoms with van der Waals surface area (Å²) < 4.78 is 7.66. The van der Waals surface area contributed by atoms with Crippen LogP contribution in [0.5, 0.6) is 0 Å². The van der Waals surface area contributed by atoms with Crippen molar-refractivity contribution in [3.63, 3.8) is 0 Å². The molecule has 0 spiro atoms. The summed E-state index contributed by atoms with van der Waals surface area (Å²) >= 11 is 1.70. The fourth-order valence-electron chi connectivity index (χ4n) is 2.82. The van der Waals surface area contributed by atoms with Crippen LogP contribution in [-0.4, -0.2) is 50.5 Å². The number of aryl methyl sites for hydroxylation is 1. The van der Waals surface area contributed by atoms with E-state index in [1.54, 1.807) is 11.3 Å². The normalized spacial score (nSPS) is 23.7. The van der Waals surface area contributed by atoms with Crippen LogP contribution >= 0.6 is 11.3 Å². The zero-order valence-corrected chi connectivity index (χ0v) is 14.2. The van der Waals surface area contributed by atoms with Crippen molar-refractivity contribution in [3.05, 3.63) is 16.1 Å². The van der Waals surface area contributed by atoms with E-state index < -0.39 is 0 Å². The van der Waals surface area contributed by atoms with E-state index in [1.807, 2.05) is 11.6 Å². The number of aromatic nitrogens is 5. The van der Waals surface area contributed by atoms with Crippen LogP contribution in [0.2, 0.25) is 0 Å². The Labute approximate surface area is 134 Å². The Morgan fingerprint density at radius 2 is 2.09 bits per heavy atom. The maximum Gasteiger partial charge on any atom is 0.245 e. The first kappa shape index (κ1) is 15.4. The minimum absolute atomic E-state index is 0.188. The van der Waals surface area contributed by atoms with Gasteiger partial charge in [-0.25, -0.2) is 9.67 Å². The van der Waals surface area contributed by atoms with Crippen molar-refractivity contribution < 1.29 is 4.74 Å². The van der Waals surface area contributed by atoms with Crippen LogP contribution in [0.15, 0.2) is 5.38 Å². The average Bonchev–Trinajstić information content (AvgIpc) is 3.06. The Morgan fingerprint density at radius 3 is 2.73 bits per heavy atom. The van der Waals surface area contributed by atoms with Gasteiger partial charge in [0.25, 0.3) is 0 Å². The summed E-state index contributed by atoms with van der Waals surface area (Å²) in [4.78, 5) is 6.77. The van der Waals surface area contributed by atoms with E-state index in [-0.39, 0.29) is 18.1 Å². The van der Waals surface area contributed by atoms with Crippen molar-refractivity contribution in [2.75, 3.05) is 18.0 Å². The van der Waals surface area contributed by atoms with Gasteiger partial charge in [-0.05, 0) is 31.2 Å². The van der Waals surface area contributed by atoms with Crippen molar-refractivity contribution >= 4 is 17.3 Å². The lowest BCUT2D eigenvalue weighted by Gasteiger charge is -2.35. The van der Waals surface area contributed by atoms with E-state index in [1.165, 1.54) is 0 Å². The number of nitrogens with zero attached hydrogens (tertiary/aromatic N) is 6. The van der Waals surface area contributed by atoms with E-state index in [9.17, 15) is 0 Å². The first-order valence-corrected chi connectivity index (χ1v) is 8.49. The highest BCUT2D eigenvalue weighted by Gasteiger charge is 2.26. The smallest absolute Gasteiger partial charge is 0.245 e. The van der Waals surface area contributed by atoms with Crippen LogP contribution in [0.4, 0.5) is 5.95 Å². The largest absolute Gasteiger partial charge is 0.372 e. The van der Waals surface area contributed by atoms with Crippen LogP contribution in [0, 0.1) is 6.92 Å². The van der Waals surface area contributed by atoms with Gasteiger partial charge in [-0.15, -0.1) is 11.3 Å². The molecule has 7 nitrogen and oxygen atoms in total. The summed E-state index contributed by atoms with van der Waals surface area (Å²) in [5.41, 5.74) is 1.07. The number of morpholine rings is 1. The molecule has 3 atom stereocenters. The van der Waals surface area contributed by atoms with Gasteiger partial charge < -0.3 is 9.64 Å². The summed E-state index contributed by atoms with van der Waals surface area (Å²) in [6, 6.07) is 0. The molecular formula is C14H22N6OS. The molecule has 1 unspecified atom stereocenters. The molecule has 0 aromatic carbocycles. The quantitative estimate of drug-likeness (QED) is 0.856. The zero-order valence-electron chi connectivity index (χ0n) is 13.4. The molecule has 0 amide bonds. The summed E-state index contributed by atoms with van der Waals surface area (Å²) in [7, 11) is 0. The Hall–Kier alpha value is -1.54. The zero-order chi connectivity index (χ0) is 15.7. The van der Waals surface area contributed by atoms with Crippen molar-refractivity contribution in [2.24, 2.45) is 0 Å². The highest BCUT2D eigenvalue weighted by atomic mass is 32.1. The lowest BCUT2D eigenvalue weighted by Crippen LogP contribution is -2.46. The molecule has 0 N–H and O–H groups in total. The molecule has 120 valence electrons. The molecular weight excluding hydrogens is 300 g/mol. The van der Waals surface area contributed by atoms with Crippen LogP contribution in [0.25, 0.3) is 0 Å². The first-order valence-electron chi connectivity index (χ1n) is 7.61. The minimum Gasteiger partial charge on any atom is -0.372 e.